The first-order valence-electron chi connectivity index (χ1n) is 4.85. The zero-order valence-corrected chi connectivity index (χ0v) is 8.03. The summed E-state index contributed by atoms with van der Waals surface area (Å²) in [6.07, 6.45) is 6.19. The van der Waals surface area contributed by atoms with E-state index >= 15 is 0 Å². The van der Waals surface area contributed by atoms with Crippen LogP contribution in [0.1, 0.15) is 19.3 Å². The minimum Gasteiger partial charge on any atom is -0.397 e. The van der Waals surface area contributed by atoms with Gasteiger partial charge in [0.2, 0.25) is 0 Å². The van der Waals surface area contributed by atoms with Gasteiger partial charge in [0.15, 0.2) is 0 Å². The van der Waals surface area contributed by atoms with Crippen molar-refractivity contribution in [3.8, 4) is 0 Å². The lowest BCUT2D eigenvalue weighted by Crippen LogP contribution is -2.43. The minimum atomic E-state index is -0.509. The van der Waals surface area contributed by atoms with Crippen LogP contribution in [0.2, 0.25) is 0 Å². The number of aliphatic hydroxyl groups is 1. The maximum atomic E-state index is 9.83. The van der Waals surface area contributed by atoms with Crippen LogP contribution in [-0.2, 0) is 0 Å². The fourth-order valence-corrected chi connectivity index (χ4v) is 1.58. The predicted molar refractivity (Wildman–Crippen MR) is 55.9 cm³/mol. The monoisotopic (exact) mass is 193 g/mol. The molecule has 0 spiro atoms. The molecule has 14 heavy (non-hydrogen) atoms. The molecule has 4 heteroatoms. The van der Waals surface area contributed by atoms with Crippen molar-refractivity contribution >= 4 is 11.4 Å². The highest BCUT2D eigenvalue weighted by atomic mass is 16.3. The number of anilines is 2. The van der Waals surface area contributed by atoms with Gasteiger partial charge in [0.1, 0.15) is 0 Å². The zero-order chi connectivity index (χ0) is 10.0. The highest BCUT2D eigenvalue weighted by Gasteiger charge is 2.33. The van der Waals surface area contributed by atoms with Crippen molar-refractivity contribution in [1.29, 1.82) is 0 Å². The molecule has 0 aromatic carbocycles. The molecule has 1 fully saturated rings. The Hall–Kier alpha value is -1.29. The van der Waals surface area contributed by atoms with Crippen LogP contribution < -0.4 is 11.1 Å². The Morgan fingerprint density at radius 1 is 1.50 bits per heavy atom. The van der Waals surface area contributed by atoms with E-state index < -0.39 is 5.60 Å². The summed E-state index contributed by atoms with van der Waals surface area (Å²) in [5.41, 5.74) is 6.57. The third kappa shape index (κ3) is 1.96. The Morgan fingerprint density at radius 2 is 2.29 bits per heavy atom. The van der Waals surface area contributed by atoms with Gasteiger partial charge in [-0.3, -0.25) is 4.98 Å². The van der Waals surface area contributed by atoms with Crippen molar-refractivity contribution in [2.75, 3.05) is 17.6 Å². The van der Waals surface area contributed by atoms with Gasteiger partial charge in [-0.2, -0.15) is 0 Å². The van der Waals surface area contributed by atoms with Crippen molar-refractivity contribution in [2.24, 2.45) is 0 Å². The summed E-state index contributed by atoms with van der Waals surface area (Å²) >= 11 is 0. The summed E-state index contributed by atoms with van der Waals surface area (Å²) in [5.74, 6) is 0. The normalized spacial score (nSPS) is 18.6. The van der Waals surface area contributed by atoms with Crippen LogP contribution in [-0.4, -0.2) is 22.2 Å². The molecule has 0 atom stereocenters. The number of aromatic nitrogens is 1. The van der Waals surface area contributed by atoms with Crippen LogP contribution in [0, 0.1) is 0 Å². The van der Waals surface area contributed by atoms with Gasteiger partial charge in [-0.15, -0.1) is 0 Å². The molecular formula is C10H15N3O. The molecule has 1 aromatic heterocycles. The Kier molecular flexibility index (Phi) is 2.29. The van der Waals surface area contributed by atoms with Crippen LogP contribution in [0.4, 0.5) is 11.4 Å². The van der Waals surface area contributed by atoms with E-state index in [9.17, 15) is 5.11 Å². The summed E-state index contributed by atoms with van der Waals surface area (Å²) in [7, 11) is 0. The molecule has 76 valence electrons. The molecule has 4 nitrogen and oxygen atoms in total. The topological polar surface area (TPSA) is 71.2 Å². The molecule has 0 unspecified atom stereocenters. The average molecular weight is 193 g/mol. The van der Waals surface area contributed by atoms with E-state index in [0.717, 1.165) is 24.9 Å². The van der Waals surface area contributed by atoms with Gasteiger partial charge < -0.3 is 16.2 Å². The van der Waals surface area contributed by atoms with Crippen molar-refractivity contribution in [1.82, 2.24) is 4.98 Å². The fourth-order valence-electron chi connectivity index (χ4n) is 1.58. The highest BCUT2D eigenvalue weighted by Crippen LogP contribution is 2.31. The number of pyridine rings is 1. The fraction of sp³-hybridized carbons (Fsp3) is 0.500. The van der Waals surface area contributed by atoms with Crippen LogP contribution in [0.15, 0.2) is 18.5 Å². The average Bonchev–Trinajstić information content (AvgIpc) is 2.12. The minimum absolute atomic E-state index is 0.509. The Labute approximate surface area is 83.2 Å². The lowest BCUT2D eigenvalue weighted by Gasteiger charge is -2.36. The zero-order valence-electron chi connectivity index (χ0n) is 8.03. The van der Waals surface area contributed by atoms with Gasteiger partial charge in [-0.1, -0.05) is 0 Å². The van der Waals surface area contributed by atoms with Gasteiger partial charge >= 0.3 is 0 Å². The second-order valence-corrected chi connectivity index (χ2v) is 3.94. The SMILES string of the molecule is Nc1cncc(NCC2(O)CCC2)c1. The van der Waals surface area contributed by atoms with E-state index in [0.29, 0.717) is 12.2 Å². The van der Waals surface area contributed by atoms with E-state index in [1.54, 1.807) is 12.4 Å². The van der Waals surface area contributed by atoms with E-state index in [1.165, 1.54) is 0 Å². The van der Waals surface area contributed by atoms with Gasteiger partial charge in [0.25, 0.3) is 0 Å². The molecular weight excluding hydrogens is 178 g/mol. The molecule has 0 aliphatic heterocycles. The van der Waals surface area contributed by atoms with Crippen LogP contribution in [0.5, 0.6) is 0 Å². The molecule has 4 N–H and O–H groups in total. The first-order valence-corrected chi connectivity index (χ1v) is 4.85. The van der Waals surface area contributed by atoms with E-state index in [1.807, 2.05) is 6.07 Å². The lowest BCUT2D eigenvalue weighted by molar-refractivity contribution is -0.0202. The maximum absolute atomic E-state index is 9.83. The third-order valence-electron chi connectivity index (χ3n) is 2.67. The molecule has 0 bridgehead atoms. The van der Waals surface area contributed by atoms with E-state index in [4.69, 9.17) is 5.73 Å². The maximum Gasteiger partial charge on any atom is 0.0819 e. The summed E-state index contributed by atoms with van der Waals surface area (Å²) in [6, 6.07) is 1.81. The third-order valence-corrected chi connectivity index (χ3v) is 2.67. The number of hydrogen-bond donors (Lipinski definition) is 3. The second-order valence-electron chi connectivity index (χ2n) is 3.94. The first kappa shape index (κ1) is 9.27. The Morgan fingerprint density at radius 3 is 2.86 bits per heavy atom. The van der Waals surface area contributed by atoms with Crippen LogP contribution in [0.3, 0.4) is 0 Å². The summed E-state index contributed by atoms with van der Waals surface area (Å²) in [6.45, 7) is 0.581. The quantitative estimate of drug-likeness (QED) is 0.669. The second kappa shape index (κ2) is 3.46. The first-order chi connectivity index (χ1) is 6.68. The van der Waals surface area contributed by atoms with Crippen molar-refractivity contribution in [3.63, 3.8) is 0 Å². The summed E-state index contributed by atoms with van der Waals surface area (Å²) in [4.78, 5) is 3.96. The van der Waals surface area contributed by atoms with Gasteiger partial charge in [-0.25, -0.2) is 0 Å². The largest absolute Gasteiger partial charge is 0.397 e. The van der Waals surface area contributed by atoms with Crippen molar-refractivity contribution < 1.29 is 5.11 Å². The van der Waals surface area contributed by atoms with Crippen LogP contribution in [0.25, 0.3) is 0 Å². The Balaban J connectivity index is 1.91. The number of rotatable bonds is 3. The van der Waals surface area contributed by atoms with Crippen LogP contribution >= 0.6 is 0 Å². The van der Waals surface area contributed by atoms with Gasteiger partial charge in [-0.05, 0) is 25.3 Å². The molecule has 0 amide bonds. The summed E-state index contributed by atoms with van der Waals surface area (Å²) in [5, 5.41) is 13.0. The molecule has 2 rings (SSSR count). The predicted octanol–water partition coefficient (Wildman–Crippen LogP) is 0.991. The molecule has 1 aliphatic carbocycles. The van der Waals surface area contributed by atoms with E-state index in [-0.39, 0.29) is 0 Å². The molecule has 1 aliphatic rings. The molecule has 0 radical (unpaired) electrons. The molecule has 1 aromatic rings. The molecule has 0 saturated heterocycles. The van der Waals surface area contributed by atoms with Gasteiger partial charge in [0.05, 0.1) is 23.2 Å². The lowest BCUT2D eigenvalue weighted by atomic mass is 9.80. The number of nitrogens with zero attached hydrogens (tertiary/aromatic N) is 1. The number of nitrogens with one attached hydrogen (secondary N) is 1. The summed E-state index contributed by atoms with van der Waals surface area (Å²) < 4.78 is 0. The number of nitrogen functional groups attached to an aromatic ring is 1. The standard InChI is InChI=1S/C10H15N3O/c11-8-4-9(6-12-5-8)13-7-10(14)2-1-3-10/h4-6,13-14H,1-3,7,11H2. The smallest absolute Gasteiger partial charge is 0.0819 e. The molecule has 1 heterocycles. The number of nitrogens with two attached hydrogens (primary N) is 1. The van der Waals surface area contributed by atoms with Crippen molar-refractivity contribution in [3.05, 3.63) is 18.5 Å². The molecule has 1 saturated carbocycles. The Bertz CT molecular complexity index is 323. The highest BCUT2D eigenvalue weighted by molar-refractivity contribution is 5.51. The van der Waals surface area contributed by atoms with E-state index in [2.05, 4.69) is 10.3 Å². The number of hydrogen-bond acceptors (Lipinski definition) is 4. The van der Waals surface area contributed by atoms with Gasteiger partial charge in [0, 0.05) is 12.7 Å². The van der Waals surface area contributed by atoms with Crippen molar-refractivity contribution in [2.45, 2.75) is 24.9 Å².